The molecule has 1 aromatic heterocycles. The lowest BCUT2D eigenvalue weighted by molar-refractivity contribution is 0.225. The highest BCUT2D eigenvalue weighted by Crippen LogP contribution is 2.24. The summed E-state index contributed by atoms with van der Waals surface area (Å²) in [6.45, 7) is 3.67. The van der Waals surface area contributed by atoms with Crippen LogP contribution in [-0.2, 0) is 10.0 Å². The number of piperidine rings is 1. The molecule has 0 aromatic carbocycles. The number of aromatic nitrogens is 2. The van der Waals surface area contributed by atoms with Gasteiger partial charge < -0.3 is 15.5 Å². The van der Waals surface area contributed by atoms with Gasteiger partial charge in [0.1, 0.15) is 5.02 Å². The lowest BCUT2D eigenvalue weighted by Gasteiger charge is -2.31. The molecule has 28 heavy (non-hydrogen) atoms. The third-order valence-corrected chi connectivity index (χ3v) is 7.44. The van der Waals surface area contributed by atoms with Gasteiger partial charge in [-0.1, -0.05) is 11.6 Å². The molecule has 0 bridgehead atoms. The predicted octanol–water partition coefficient (Wildman–Crippen LogP) is 0.115. The van der Waals surface area contributed by atoms with Gasteiger partial charge in [0.05, 0.1) is 17.6 Å². The molecule has 1 aromatic rings. The third kappa shape index (κ3) is 4.76. The van der Waals surface area contributed by atoms with Gasteiger partial charge in [-0.2, -0.15) is 5.10 Å². The van der Waals surface area contributed by atoms with Crippen LogP contribution >= 0.6 is 11.6 Å². The van der Waals surface area contributed by atoms with Crippen LogP contribution in [0.25, 0.3) is 0 Å². The molecule has 0 saturated carbocycles. The standard InChI is InChI=1S/C16H25ClN6O4S/c1-2-28(26,27)23-7-4-11(5-8-23)19-16(25)20-12-3-6-22(10-12)13-9-18-21-15(24)14(13)17/h9,11-12H,2-8,10H2,1H3,(H,21,24)(H2,19,20,25). The number of nitrogens with one attached hydrogen (secondary N) is 3. The number of rotatable bonds is 5. The van der Waals surface area contributed by atoms with E-state index in [1.54, 1.807) is 6.92 Å². The molecule has 2 amide bonds. The lowest BCUT2D eigenvalue weighted by atomic mass is 10.1. The van der Waals surface area contributed by atoms with Crippen LogP contribution in [0.3, 0.4) is 0 Å². The molecule has 0 radical (unpaired) electrons. The van der Waals surface area contributed by atoms with E-state index >= 15 is 0 Å². The summed E-state index contributed by atoms with van der Waals surface area (Å²) in [5.41, 5.74) is 0.115. The van der Waals surface area contributed by atoms with Gasteiger partial charge in [0.2, 0.25) is 10.0 Å². The maximum absolute atomic E-state index is 12.3. The van der Waals surface area contributed by atoms with Gasteiger partial charge in [-0.25, -0.2) is 22.6 Å². The number of hydrogen-bond donors (Lipinski definition) is 3. The van der Waals surface area contributed by atoms with Crippen LogP contribution in [0.1, 0.15) is 26.2 Å². The summed E-state index contributed by atoms with van der Waals surface area (Å²) in [7, 11) is -3.17. The number of halogens is 1. The summed E-state index contributed by atoms with van der Waals surface area (Å²) >= 11 is 6.04. The molecule has 10 nitrogen and oxygen atoms in total. The summed E-state index contributed by atoms with van der Waals surface area (Å²) in [5.74, 6) is 0.0938. The smallest absolute Gasteiger partial charge is 0.315 e. The molecule has 2 saturated heterocycles. The van der Waals surface area contributed by atoms with Gasteiger partial charge in [-0.3, -0.25) is 4.79 Å². The van der Waals surface area contributed by atoms with Crippen molar-refractivity contribution in [3.05, 3.63) is 21.6 Å². The zero-order valence-electron chi connectivity index (χ0n) is 15.6. The molecular formula is C16H25ClN6O4S. The quantitative estimate of drug-likeness (QED) is 0.606. The Bertz CT molecular complexity index is 868. The first-order chi connectivity index (χ1) is 13.3. The van der Waals surface area contributed by atoms with Crippen molar-refractivity contribution in [1.82, 2.24) is 25.1 Å². The molecular weight excluding hydrogens is 408 g/mol. The fourth-order valence-corrected chi connectivity index (χ4v) is 4.91. The summed E-state index contributed by atoms with van der Waals surface area (Å²) < 4.78 is 25.3. The minimum Gasteiger partial charge on any atom is -0.367 e. The zero-order valence-corrected chi connectivity index (χ0v) is 17.2. The summed E-state index contributed by atoms with van der Waals surface area (Å²) in [4.78, 5) is 25.8. The largest absolute Gasteiger partial charge is 0.367 e. The van der Waals surface area contributed by atoms with Crippen molar-refractivity contribution >= 4 is 33.3 Å². The van der Waals surface area contributed by atoms with Crippen LogP contribution in [0.15, 0.2) is 11.0 Å². The Morgan fingerprint density at radius 1 is 1.25 bits per heavy atom. The number of H-pyrrole nitrogens is 1. The van der Waals surface area contributed by atoms with Crippen molar-refractivity contribution in [2.45, 2.75) is 38.3 Å². The van der Waals surface area contributed by atoms with E-state index < -0.39 is 15.6 Å². The number of urea groups is 1. The number of carbonyl (C=O) groups is 1. The van der Waals surface area contributed by atoms with E-state index in [1.807, 2.05) is 4.90 Å². The topological polar surface area (TPSA) is 128 Å². The predicted molar refractivity (Wildman–Crippen MR) is 106 cm³/mol. The van der Waals surface area contributed by atoms with Gasteiger partial charge in [-0.05, 0) is 26.2 Å². The van der Waals surface area contributed by atoms with Gasteiger partial charge in [0.25, 0.3) is 5.56 Å². The molecule has 3 heterocycles. The first kappa shape index (κ1) is 20.9. The van der Waals surface area contributed by atoms with E-state index in [0.29, 0.717) is 44.7 Å². The second-order valence-electron chi connectivity index (χ2n) is 7.02. The fraction of sp³-hybridized carbons (Fsp3) is 0.688. The van der Waals surface area contributed by atoms with E-state index in [0.717, 1.165) is 6.42 Å². The monoisotopic (exact) mass is 432 g/mol. The third-order valence-electron chi connectivity index (χ3n) is 5.19. The average Bonchev–Trinajstić information content (AvgIpc) is 3.12. The van der Waals surface area contributed by atoms with E-state index in [4.69, 9.17) is 11.6 Å². The van der Waals surface area contributed by atoms with Crippen LogP contribution in [0.5, 0.6) is 0 Å². The minimum absolute atomic E-state index is 0.0489. The van der Waals surface area contributed by atoms with Crippen molar-refractivity contribution in [2.24, 2.45) is 0 Å². The Morgan fingerprint density at radius 3 is 2.57 bits per heavy atom. The SMILES string of the molecule is CCS(=O)(=O)N1CCC(NC(=O)NC2CCN(c3cn[nH]c(=O)c3Cl)C2)CC1. The van der Waals surface area contributed by atoms with Gasteiger partial charge >= 0.3 is 6.03 Å². The molecule has 12 heteroatoms. The van der Waals surface area contributed by atoms with Crippen LogP contribution in [0.4, 0.5) is 10.5 Å². The number of nitrogens with zero attached hydrogens (tertiary/aromatic N) is 3. The Labute approximate surface area is 168 Å². The molecule has 2 aliphatic rings. The first-order valence-corrected chi connectivity index (χ1v) is 11.3. The number of anilines is 1. The van der Waals surface area contributed by atoms with E-state index in [-0.39, 0.29) is 28.9 Å². The van der Waals surface area contributed by atoms with Crippen molar-refractivity contribution in [3.63, 3.8) is 0 Å². The average molecular weight is 433 g/mol. The highest BCUT2D eigenvalue weighted by atomic mass is 35.5. The van der Waals surface area contributed by atoms with Crippen molar-refractivity contribution in [2.75, 3.05) is 36.8 Å². The molecule has 0 aliphatic carbocycles. The minimum atomic E-state index is -3.17. The number of aromatic amines is 1. The maximum atomic E-state index is 12.3. The first-order valence-electron chi connectivity index (χ1n) is 9.33. The van der Waals surface area contributed by atoms with E-state index in [1.165, 1.54) is 10.5 Å². The van der Waals surface area contributed by atoms with E-state index in [9.17, 15) is 18.0 Å². The number of carbonyl (C=O) groups excluding carboxylic acids is 1. The summed E-state index contributed by atoms with van der Waals surface area (Å²) in [6, 6.07) is -0.387. The van der Waals surface area contributed by atoms with Crippen molar-refractivity contribution < 1.29 is 13.2 Å². The Hall–Kier alpha value is -1.85. The number of amides is 2. The molecule has 3 rings (SSSR count). The Morgan fingerprint density at radius 2 is 1.89 bits per heavy atom. The second kappa shape index (κ2) is 8.66. The molecule has 1 unspecified atom stereocenters. The van der Waals surface area contributed by atoms with Crippen LogP contribution in [0, 0.1) is 0 Å². The highest BCUT2D eigenvalue weighted by Gasteiger charge is 2.29. The molecule has 3 N–H and O–H groups in total. The van der Waals surface area contributed by atoms with E-state index in [2.05, 4.69) is 20.8 Å². The Kier molecular flexibility index (Phi) is 6.46. The van der Waals surface area contributed by atoms with Gasteiger partial charge in [0.15, 0.2) is 0 Å². The van der Waals surface area contributed by atoms with Crippen molar-refractivity contribution in [1.29, 1.82) is 0 Å². The van der Waals surface area contributed by atoms with Crippen molar-refractivity contribution in [3.8, 4) is 0 Å². The molecule has 2 fully saturated rings. The molecule has 0 spiro atoms. The van der Waals surface area contributed by atoms with Crippen LogP contribution in [0.2, 0.25) is 5.02 Å². The number of sulfonamides is 1. The normalized spacial score (nSPS) is 21.6. The lowest BCUT2D eigenvalue weighted by Crippen LogP contribution is -2.51. The molecule has 156 valence electrons. The zero-order chi connectivity index (χ0) is 20.3. The second-order valence-corrected chi connectivity index (χ2v) is 9.66. The van der Waals surface area contributed by atoms with Crippen LogP contribution < -0.4 is 21.1 Å². The Balaban J connectivity index is 1.46. The van der Waals surface area contributed by atoms with Crippen LogP contribution in [-0.4, -0.2) is 73.0 Å². The molecule has 1 atom stereocenters. The maximum Gasteiger partial charge on any atom is 0.315 e. The van der Waals surface area contributed by atoms with Gasteiger partial charge in [-0.15, -0.1) is 0 Å². The van der Waals surface area contributed by atoms with Gasteiger partial charge in [0, 0.05) is 38.3 Å². The summed E-state index contributed by atoms with van der Waals surface area (Å²) in [5, 5.41) is 12.0. The number of hydrogen-bond acceptors (Lipinski definition) is 6. The highest BCUT2D eigenvalue weighted by molar-refractivity contribution is 7.89. The fourth-order valence-electron chi connectivity index (χ4n) is 3.56. The summed E-state index contributed by atoms with van der Waals surface area (Å²) in [6.07, 6.45) is 3.42. The molecule has 2 aliphatic heterocycles.